The standard InChI is InChI=1S/C17H17FN2O3S/c18-14-3-1-2-4-15(14)19-6-8-20(9-7-19)16(21)11-23-17(22)13-5-10-24-12-13/h1-5,10,12H,6-9,11H2. The van der Waals surface area contributed by atoms with Gasteiger partial charge in [-0.3, -0.25) is 4.79 Å². The summed E-state index contributed by atoms with van der Waals surface area (Å²) in [5.74, 6) is -0.983. The first-order valence-electron chi connectivity index (χ1n) is 7.62. The van der Waals surface area contributed by atoms with E-state index in [0.717, 1.165) is 0 Å². The van der Waals surface area contributed by atoms with E-state index in [0.29, 0.717) is 37.4 Å². The van der Waals surface area contributed by atoms with Crippen LogP contribution in [0.2, 0.25) is 0 Å². The summed E-state index contributed by atoms with van der Waals surface area (Å²) in [6, 6.07) is 8.26. The van der Waals surface area contributed by atoms with Gasteiger partial charge in [0.25, 0.3) is 5.91 Å². The normalized spacial score (nSPS) is 14.5. The Bertz CT molecular complexity index is 712. The van der Waals surface area contributed by atoms with Crippen LogP contribution in [0.3, 0.4) is 0 Å². The Hall–Kier alpha value is -2.41. The van der Waals surface area contributed by atoms with Crippen LogP contribution in [0.1, 0.15) is 10.4 Å². The van der Waals surface area contributed by atoms with Gasteiger partial charge in [0.1, 0.15) is 5.82 Å². The zero-order valence-electron chi connectivity index (χ0n) is 13.0. The molecule has 1 aromatic carbocycles. The number of esters is 1. The fraction of sp³-hybridized carbons (Fsp3) is 0.294. The van der Waals surface area contributed by atoms with Crippen LogP contribution >= 0.6 is 11.3 Å². The molecule has 1 aliphatic rings. The lowest BCUT2D eigenvalue weighted by Gasteiger charge is -2.36. The molecule has 0 radical (unpaired) electrons. The highest BCUT2D eigenvalue weighted by Gasteiger charge is 2.23. The van der Waals surface area contributed by atoms with Crippen LogP contribution in [-0.2, 0) is 9.53 Å². The highest BCUT2D eigenvalue weighted by molar-refractivity contribution is 7.08. The van der Waals surface area contributed by atoms with E-state index in [4.69, 9.17) is 4.74 Å². The summed E-state index contributed by atoms with van der Waals surface area (Å²) < 4.78 is 18.8. The summed E-state index contributed by atoms with van der Waals surface area (Å²) in [6.45, 7) is 1.77. The molecule has 0 bridgehead atoms. The van der Waals surface area contributed by atoms with Crippen LogP contribution in [0.25, 0.3) is 0 Å². The second-order valence-corrected chi connectivity index (χ2v) is 6.19. The maximum Gasteiger partial charge on any atom is 0.339 e. The first-order valence-corrected chi connectivity index (χ1v) is 8.56. The molecule has 0 atom stereocenters. The fourth-order valence-electron chi connectivity index (χ4n) is 2.59. The number of para-hydroxylation sites is 1. The summed E-state index contributed by atoms with van der Waals surface area (Å²) in [5.41, 5.74) is 1.01. The minimum Gasteiger partial charge on any atom is -0.452 e. The Morgan fingerprint density at radius 2 is 1.88 bits per heavy atom. The van der Waals surface area contributed by atoms with Crippen molar-refractivity contribution in [2.24, 2.45) is 0 Å². The van der Waals surface area contributed by atoms with Crippen LogP contribution < -0.4 is 4.90 Å². The third kappa shape index (κ3) is 3.73. The van der Waals surface area contributed by atoms with E-state index < -0.39 is 5.97 Å². The van der Waals surface area contributed by atoms with Gasteiger partial charge < -0.3 is 14.5 Å². The molecule has 0 aliphatic carbocycles. The molecule has 1 aliphatic heterocycles. The number of nitrogens with zero attached hydrogens (tertiary/aromatic N) is 2. The van der Waals surface area contributed by atoms with Crippen molar-refractivity contribution < 1.29 is 18.7 Å². The van der Waals surface area contributed by atoms with Crippen LogP contribution in [-0.4, -0.2) is 49.6 Å². The zero-order valence-corrected chi connectivity index (χ0v) is 13.8. The second-order valence-electron chi connectivity index (χ2n) is 5.41. The fourth-order valence-corrected chi connectivity index (χ4v) is 3.21. The van der Waals surface area contributed by atoms with Crippen molar-refractivity contribution >= 4 is 28.9 Å². The third-order valence-electron chi connectivity index (χ3n) is 3.91. The Morgan fingerprint density at radius 1 is 1.12 bits per heavy atom. The molecule has 0 spiro atoms. The predicted molar refractivity (Wildman–Crippen MR) is 89.8 cm³/mol. The van der Waals surface area contributed by atoms with Gasteiger partial charge in [0, 0.05) is 31.6 Å². The number of amides is 1. The van der Waals surface area contributed by atoms with Crippen LogP contribution in [0.5, 0.6) is 0 Å². The van der Waals surface area contributed by atoms with Crippen molar-refractivity contribution in [1.82, 2.24) is 4.90 Å². The second kappa shape index (κ2) is 7.44. The van der Waals surface area contributed by atoms with E-state index in [9.17, 15) is 14.0 Å². The van der Waals surface area contributed by atoms with E-state index in [1.807, 2.05) is 4.90 Å². The predicted octanol–water partition coefficient (Wildman–Crippen LogP) is 2.39. The largest absolute Gasteiger partial charge is 0.452 e. The average molecular weight is 348 g/mol. The maximum atomic E-state index is 13.8. The van der Waals surface area contributed by atoms with Crippen molar-refractivity contribution in [2.75, 3.05) is 37.7 Å². The van der Waals surface area contributed by atoms with Crippen LogP contribution in [0.15, 0.2) is 41.1 Å². The van der Waals surface area contributed by atoms with Gasteiger partial charge in [-0.2, -0.15) is 11.3 Å². The molecule has 1 aromatic heterocycles. The molecule has 3 rings (SSSR count). The van der Waals surface area contributed by atoms with Gasteiger partial charge in [-0.05, 0) is 23.6 Å². The Morgan fingerprint density at radius 3 is 2.54 bits per heavy atom. The van der Waals surface area contributed by atoms with Gasteiger partial charge in [-0.25, -0.2) is 9.18 Å². The number of hydrogen-bond donors (Lipinski definition) is 0. The van der Waals surface area contributed by atoms with Crippen LogP contribution in [0, 0.1) is 5.82 Å². The minimum atomic E-state index is -0.491. The molecule has 1 amide bonds. The number of thiophene rings is 1. The number of rotatable bonds is 4. The molecule has 1 saturated heterocycles. The summed E-state index contributed by atoms with van der Waals surface area (Å²) in [6.07, 6.45) is 0. The van der Waals surface area contributed by atoms with Crippen molar-refractivity contribution in [3.8, 4) is 0 Å². The lowest BCUT2D eigenvalue weighted by atomic mass is 10.2. The SMILES string of the molecule is O=C(OCC(=O)N1CCN(c2ccccc2F)CC1)c1ccsc1. The Labute approximate surface area is 143 Å². The van der Waals surface area contributed by atoms with Gasteiger partial charge >= 0.3 is 5.97 Å². The number of hydrogen-bond acceptors (Lipinski definition) is 5. The number of carbonyl (C=O) groups is 2. The number of halogens is 1. The lowest BCUT2D eigenvalue weighted by Crippen LogP contribution is -2.50. The Balaban J connectivity index is 1.48. The quantitative estimate of drug-likeness (QED) is 0.796. The number of ether oxygens (including phenoxy) is 1. The van der Waals surface area contributed by atoms with Crippen molar-refractivity contribution in [1.29, 1.82) is 0 Å². The summed E-state index contributed by atoms with van der Waals surface area (Å²) in [5, 5.41) is 3.46. The summed E-state index contributed by atoms with van der Waals surface area (Å²) in [4.78, 5) is 27.4. The summed E-state index contributed by atoms with van der Waals surface area (Å²) in [7, 11) is 0. The molecule has 7 heteroatoms. The van der Waals surface area contributed by atoms with Gasteiger partial charge in [0.2, 0.25) is 0 Å². The maximum absolute atomic E-state index is 13.8. The molecule has 0 saturated carbocycles. The van der Waals surface area contributed by atoms with E-state index in [1.54, 1.807) is 39.9 Å². The number of piperazine rings is 1. The molecule has 2 aromatic rings. The smallest absolute Gasteiger partial charge is 0.339 e. The topological polar surface area (TPSA) is 49.9 Å². The van der Waals surface area contributed by atoms with Crippen molar-refractivity contribution in [2.45, 2.75) is 0 Å². The van der Waals surface area contributed by atoms with Crippen LogP contribution in [0.4, 0.5) is 10.1 Å². The van der Waals surface area contributed by atoms with E-state index in [-0.39, 0.29) is 18.3 Å². The molecular formula is C17H17FN2O3S. The van der Waals surface area contributed by atoms with Gasteiger partial charge in [-0.15, -0.1) is 0 Å². The Kier molecular flexibility index (Phi) is 5.10. The monoisotopic (exact) mass is 348 g/mol. The van der Waals surface area contributed by atoms with E-state index in [1.165, 1.54) is 17.4 Å². The molecular weight excluding hydrogens is 331 g/mol. The van der Waals surface area contributed by atoms with E-state index >= 15 is 0 Å². The average Bonchev–Trinajstić information content (AvgIpc) is 3.15. The molecule has 0 unspecified atom stereocenters. The third-order valence-corrected chi connectivity index (χ3v) is 4.59. The number of benzene rings is 1. The molecule has 5 nitrogen and oxygen atoms in total. The summed E-state index contributed by atoms with van der Waals surface area (Å²) >= 11 is 1.40. The number of anilines is 1. The first-order chi connectivity index (χ1) is 11.6. The molecule has 24 heavy (non-hydrogen) atoms. The molecule has 0 N–H and O–H groups in total. The lowest BCUT2D eigenvalue weighted by molar-refractivity contribution is -0.134. The van der Waals surface area contributed by atoms with Gasteiger partial charge in [-0.1, -0.05) is 12.1 Å². The molecule has 1 fully saturated rings. The number of carbonyl (C=O) groups excluding carboxylic acids is 2. The highest BCUT2D eigenvalue weighted by Crippen LogP contribution is 2.20. The van der Waals surface area contributed by atoms with Crippen molar-refractivity contribution in [3.63, 3.8) is 0 Å². The molecule has 126 valence electrons. The highest BCUT2D eigenvalue weighted by atomic mass is 32.1. The van der Waals surface area contributed by atoms with Gasteiger partial charge in [0.15, 0.2) is 6.61 Å². The zero-order chi connectivity index (χ0) is 16.9. The van der Waals surface area contributed by atoms with Gasteiger partial charge in [0.05, 0.1) is 11.3 Å². The minimum absolute atomic E-state index is 0.230. The first kappa shape index (κ1) is 16.4. The van der Waals surface area contributed by atoms with E-state index in [2.05, 4.69) is 0 Å². The van der Waals surface area contributed by atoms with Crippen molar-refractivity contribution in [3.05, 3.63) is 52.5 Å². The molecule has 2 heterocycles.